The van der Waals surface area contributed by atoms with Crippen LogP contribution in [0, 0.1) is 5.21 Å². The fourth-order valence-electron chi connectivity index (χ4n) is 1.70. The van der Waals surface area contributed by atoms with Gasteiger partial charge in [-0.25, -0.2) is 13.9 Å². The van der Waals surface area contributed by atoms with Crippen molar-refractivity contribution < 1.29 is 32.7 Å². The second-order valence-electron chi connectivity index (χ2n) is 4.34. The van der Waals surface area contributed by atoms with E-state index in [0.717, 1.165) is 0 Å². The third kappa shape index (κ3) is 3.76. The van der Waals surface area contributed by atoms with Crippen molar-refractivity contribution in [2.75, 3.05) is 6.61 Å². The van der Waals surface area contributed by atoms with Crippen LogP contribution in [0.2, 0.25) is 0 Å². The van der Waals surface area contributed by atoms with Crippen molar-refractivity contribution in [3.05, 3.63) is 35.5 Å². The fourth-order valence-corrected chi connectivity index (χ4v) is 2.99. The summed E-state index contributed by atoms with van der Waals surface area (Å²) in [7, 11) is -4.17. The summed E-state index contributed by atoms with van der Waals surface area (Å²) in [6.45, 7) is -0.0999. The molecule has 2 N–H and O–H groups in total. The van der Waals surface area contributed by atoms with Crippen LogP contribution < -0.4 is 15.1 Å². The van der Waals surface area contributed by atoms with E-state index in [1.807, 2.05) is 0 Å². The van der Waals surface area contributed by atoms with Gasteiger partial charge in [0.1, 0.15) is 0 Å². The number of carbonyl (C=O) groups excluding carboxylic acids is 1. The van der Waals surface area contributed by atoms with Crippen LogP contribution in [0.5, 0.6) is 5.88 Å². The van der Waals surface area contributed by atoms with Crippen molar-refractivity contribution >= 4 is 15.7 Å². The Kier molecular flexibility index (Phi) is 5.13. The molecule has 0 unspecified atom stereocenters. The highest BCUT2D eigenvalue weighted by atomic mass is 32.2. The van der Waals surface area contributed by atoms with Gasteiger partial charge in [0.15, 0.2) is 0 Å². The zero-order valence-corrected chi connectivity index (χ0v) is 12.5. The number of benzene rings is 1. The Hall–Kier alpha value is -2.66. The summed E-state index contributed by atoms with van der Waals surface area (Å²) in [6.07, 6.45) is 0.120. The highest BCUT2D eigenvalue weighted by molar-refractivity contribution is 7.91. The number of carbonyl (C=O) groups is 1. The summed E-state index contributed by atoms with van der Waals surface area (Å²) in [4.78, 5) is 10.5. The quantitative estimate of drug-likeness (QED) is 0.304. The van der Waals surface area contributed by atoms with E-state index in [0.29, 0.717) is 0 Å². The summed E-state index contributed by atoms with van der Waals surface area (Å²) in [6, 6.07) is 7.27. The number of nitrogens with one attached hydrogen (secondary N) is 1. The van der Waals surface area contributed by atoms with Gasteiger partial charge in [-0.05, 0) is 23.5 Å². The molecule has 0 bridgehead atoms. The molecule has 0 fully saturated rings. The molecule has 1 heterocycles. The lowest BCUT2D eigenvalue weighted by Crippen LogP contribution is -2.31. The molecule has 124 valence electrons. The average molecular weight is 343 g/mol. The average Bonchev–Trinajstić information content (AvgIpc) is 2.93. The third-order valence-electron chi connectivity index (χ3n) is 2.77. The van der Waals surface area contributed by atoms with Crippen molar-refractivity contribution in [3.63, 3.8) is 0 Å². The van der Waals surface area contributed by atoms with E-state index in [2.05, 4.69) is 9.79 Å². The van der Waals surface area contributed by atoms with Gasteiger partial charge in [0.2, 0.25) is 5.91 Å². The van der Waals surface area contributed by atoms with E-state index in [1.54, 1.807) is 6.07 Å². The van der Waals surface area contributed by atoms with Gasteiger partial charge in [-0.3, -0.25) is 14.6 Å². The largest absolute Gasteiger partial charge is 0.454 e. The molecule has 1 amide bonds. The Morgan fingerprint density at radius 2 is 2.09 bits per heavy atom. The van der Waals surface area contributed by atoms with Crippen LogP contribution in [0.1, 0.15) is 12.8 Å². The molecule has 0 atom stereocenters. The maximum absolute atomic E-state index is 12.4. The summed E-state index contributed by atoms with van der Waals surface area (Å²) in [5.74, 6) is -1.11. The molecule has 1 aromatic carbocycles. The first-order valence-electron chi connectivity index (χ1n) is 6.42. The SMILES string of the molecule is O=C(CCCOc1no[n+]([O-])c1S(=O)(=O)c1ccccc1)NO. The molecule has 23 heavy (non-hydrogen) atoms. The van der Waals surface area contributed by atoms with Gasteiger partial charge in [0, 0.05) is 6.42 Å². The van der Waals surface area contributed by atoms with Crippen LogP contribution >= 0.6 is 0 Å². The number of nitrogens with zero attached hydrogens (tertiary/aromatic N) is 2. The monoisotopic (exact) mass is 343 g/mol. The van der Waals surface area contributed by atoms with Gasteiger partial charge in [-0.15, -0.1) is 0 Å². The molecule has 2 aromatic rings. The number of amides is 1. The molecule has 0 saturated heterocycles. The van der Waals surface area contributed by atoms with Gasteiger partial charge in [-0.1, -0.05) is 18.2 Å². The highest BCUT2D eigenvalue weighted by Gasteiger charge is 2.35. The van der Waals surface area contributed by atoms with E-state index in [4.69, 9.17) is 9.94 Å². The smallest absolute Gasteiger partial charge is 0.414 e. The minimum absolute atomic E-state index is 0.0491. The van der Waals surface area contributed by atoms with E-state index in [9.17, 15) is 18.4 Å². The van der Waals surface area contributed by atoms with Crippen molar-refractivity contribution in [1.29, 1.82) is 0 Å². The lowest BCUT2D eigenvalue weighted by Gasteiger charge is -2.03. The Balaban J connectivity index is 2.17. The van der Waals surface area contributed by atoms with E-state index >= 15 is 0 Å². The molecule has 2 rings (SSSR count). The van der Waals surface area contributed by atoms with Crippen molar-refractivity contribution in [2.24, 2.45) is 0 Å². The second kappa shape index (κ2) is 7.07. The lowest BCUT2D eigenvalue weighted by atomic mass is 10.3. The van der Waals surface area contributed by atoms with Gasteiger partial charge in [0.25, 0.3) is 9.84 Å². The first-order chi connectivity index (χ1) is 11.0. The first kappa shape index (κ1) is 16.7. The predicted molar refractivity (Wildman–Crippen MR) is 72.0 cm³/mol. The molecule has 10 nitrogen and oxygen atoms in total. The molecule has 0 aliphatic heterocycles. The number of rotatable bonds is 7. The number of ether oxygens (including phenoxy) is 1. The first-order valence-corrected chi connectivity index (χ1v) is 7.90. The van der Waals surface area contributed by atoms with Gasteiger partial charge < -0.3 is 9.94 Å². The minimum Gasteiger partial charge on any atom is -0.454 e. The van der Waals surface area contributed by atoms with Crippen LogP contribution in [0.25, 0.3) is 0 Å². The number of sulfone groups is 1. The Labute approximate surface area is 130 Å². The van der Waals surface area contributed by atoms with E-state index in [-0.39, 0.29) is 29.2 Å². The zero-order valence-electron chi connectivity index (χ0n) is 11.7. The normalized spacial score (nSPS) is 11.2. The second-order valence-corrected chi connectivity index (χ2v) is 6.21. The van der Waals surface area contributed by atoms with Gasteiger partial charge in [-0.2, -0.15) is 0 Å². The molecule has 0 radical (unpaired) electrons. The van der Waals surface area contributed by atoms with Gasteiger partial charge in [0.05, 0.1) is 16.7 Å². The minimum atomic E-state index is -4.17. The van der Waals surface area contributed by atoms with E-state index in [1.165, 1.54) is 29.7 Å². The van der Waals surface area contributed by atoms with Gasteiger partial charge >= 0.3 is 10.9 Å². The van der Waals surface area contributed by atoms with Crippen LogP contribution in [0.4, 0.5) is 0 Å². The third-order valence-corrected chi connectivity index (χ3v) is 4.49. The van der Waals surface area contributed by atoms with Crippen LogP contribution in [0.3, 0.4) is 0 Å². The Morgan fingerprint density at radius 3 is 2.74 bits per heavy atom. The van der Waals surface area contributed by atoms with Crippen LogP contribution in [-0.4, -0.2) is 31.3 Å². The standard InChI is InChI=1S/C12H13N3O7S/c16-10(13-17)7-4-8-21-11-12(15(18)22-14-11)23(19,20)9-5-2-1-3-6-9/h1-3,5-6,17H,4,7-8H2,(H,13,16). The molecular weight excluding hydrogens is 330 g/mol. The molecule has 0 aliphatic rings. The number of hydrogen-bond acceptors (Lipinski definition) is 8. The van der Waals surface area contributed by atoms with Crippen LogP contribution in [-0.2, 0) is 14.6 Å². The molecule has 1 aromatic heterocycles. The van der Waals surface area contributed by atoms with Crippen molar-refractivity contribution in [2.45, 2.75) is 22.8 Å². The lowest BCUT2D eigenvalue weighted by molar-refractivity contribution is -0.832. The number of aromatic nitrogens is 2. The summed E-state index contributed by atoms with van der Waals surface area (Å²) < 4.78 is 34.2. The van der Waals surface area contributed by atoms with Crippen molar-refractivity contribution in [1.82, 2.24) is 10.6 Å². The Morgan fingerprint density at radius 1 is 1.39 bits per heavy atom. The summed E-state index contributed by atoms with van der Waals surface area (Å²) in [5, 5.41) is 22.4. The molecular formula is C12H13N3O7S. The molecule has 0 aliphatic carbocycles. The van der Waals surface area contributed by atoms with Crippen LogP contribution in [0.15, 0.2) is 44.9 Å². The molecule has 0 spiro atoms. The molecule has 11 heteroatoms. The number of hydroxylamine groups is 1. The van der Waals surface area contributed by atoms with E-state index < -0.39 is 26.7 Å². The Bertz CT molecular complexity index is 773. The highest BCUT2D eigenvalue weighted by Crippen LogP contribution is 2.24. The summed E-state index contributed by atoms with van der Waals surface area (Å²) in [5.41, 5.74) is 1.45. The fraction of sp³-hybridized carbons (Fsp3) is 0.250. The maximum atomic E-state index is 12.4. The maximum Gasteiger partial charge on any atom is 0.414 e. The molecule has 0 saturated carbocycles. The predicted octanol–water partition coefficient (Wildman–Crippen LogP) is -0.195. The number of hydrogen-bond donors (Lipinski definition) is 2. The topological polar surface area (TPSA) is 146 Å². The summed E-state index contributed by atoms with van der Waals surface area (Å²) >= 11 is 0. The van der Waals surface area contributed by atoms with Crippen molar-refractivity contribution in [3.8, 4) is 5.88 Å². The zero-order chi connectivity index (χ0) is 16.9.